The second-order valence-electron chi connectivity index (χ2n) is 3.64. The summed E-state index contributed by atoms with van der Waals surface area (Å²) >= 11 is 0. The van der Waals surface area contributed by atoms with Crippen molar-refractivity contribution in [2.24, 2.45) is 0 Å². The maximum absolute atomic E-state index is 10.7. The van der Waals surface area contributed by atoms with Gasteiger partial charge in [-0.05, 0) is 32.3 Å². The number of hydrogen-bond donors (Lipinski definition) is 0. The molecule has 0 aromatic heterocycles. The van der Waals surface area contributed by atoms with Gasteiger partial charge in [0.15, 0.2) is 0 Å². The third-order valence-corrected chi connectivity index (χ3v) is 2.15. The third kappa shape index (κ3) is 3.17. The number of carbonyl (C=O) groups excluding carboxylic acids is 1. The van der Waals surface area contributed by atoms with Gasteiger partial charge in [0, 0.05) is 5.56 Å². The van der Waals surface area contributed by atoms with Crippen molar-refractivity contribution in [3.63, 3.8) is 0 Å². The quantitative estimate of drug-likeness (QED) is 0.523. The van der Waals surface area contributed by atoms with Crippen molar-refractivity contribution in [1.29, 1.82) is 0 Å². The second kappa shape index (κ2) is 5.38. The highest BCUT2D eigenvalue weighted by Crippen LogP contribution is 2.09. The fraction of sp³-hybridized carbons (Fsp3) is 0.308. The largest absolute Gasteiger partial charge is 0.298 e. The Balaban J connectivity index is 2.66. The van der Waals surface area contributed by atoms with Gasteiger partial charge in [0.2, 0.25) is 0 Å². The van der Waals surface area contributed by atoms with Crippen LogP contribution in [-0.2, 0) is 6.42 Å². The molecule has 0 N–H and O–H groups in total. The summed E-state index contributed by atoms with van der Waals surface area (Å²) in [7, 11) is 0. The normalized spacial score (nSPS) is 9.57. The van der Waals surface area contributed by atoms with Gasteiger partial charge in [-0.1, -0.05) is 35.9 Å². The van der Waals surface area contributed by atoms with Crippen molar-refractivity contribution >= 4 is 6.29 Å². The van der Waals surface area contributed by atoms with E-state index in [1.807, 2.05) is 24.3 Å². The first-order valence-electron chi connectivity index (χ1n) is 4.90. The van der Waals surface area contributed by atoms with Gasteiger partial charge in [-0.2, -0.15) is 0 Å². The first kappa shape index (κ1) is 10.7. The average Bonchev–Trinajstić information content (AvgIpc) is 2.18. The Kier molecular flexibility index (Phi) is 4.11. The highest BCUT2D eigenvalue weighted by molar-refractivity contribution is 5.77. The zero-order valence-electron chi connectivity index (χ0n) is 8.79. The molecule has 0 amide bonds. The van der Waals surface area contributed by atoms with Crippen LogP contribution in [0, 0.1) is 0 Å². The minimum absolute atomic E-state index is 0.814. The first-order valence-corrected chi connectivity index (χ1v) is 4.90. The second-order valence-corrected chi connectivity index (χ2v) is 3.64. The SMILES string of the molecule is CC(C)=CCCc1ccccc1C=O. The summed E-state index contributed by atoms with van der Waals surface area (Å²) in [4.78, 5) is 10.7. The molecular weight excluding hydrogens is 172 g/mol. The number of aryl methyl sites for hydroxylation is 1. The molecule has 0 radical (unpaired) electrons. The van der Waals surface area contributed by atoms with E-state index in [0.29, 0.717) is 0 Å². The molecule has 0 aliphatic carbocycles. The molecular formula is C13H16O. The highest BCUT2D eigenvalue weighted by atomic mass is 16.1. The summed E-state index contributed by atoms with van der Waals surface area (Å²) in [6.07, 6.45) is 5.08. The Morgan fingerprint density at radius 2 is 2.00 bits per heavy atom. The summed E-state index contributed by atoms with van der Waals surface area (Å²) in [5.41, 5.74) is 3.28. The van der Waals surface area contributed by atoms with E-state index in [4.69, 9.17) is 0 Å². The van der Waals surface area contributed by atoms with Crippen molar-refractivity contribution in [1.82, 2.24) is 0 Å². The fourth-order valence-corrected chi connectivity index (χ4v) is 1.39. The molecule has 0 unspecified atom stereocenters. The van der Waals surface area contributed by atoms with Crippen molar-refractivity contribution in [2.75, 3.05) is 0 Å². The van der Waals surface area contributed by atoms with E-state index in [1.165, 1.54) is 5.57 Å². The lowest BCUT2D eigenvalue weighted by molar-refractivity contribution is 0.112. The van der Waals surface area contributed by atoms with Crippen molar-refractivity contribution in [3.8, 4) is 0 Å². The van der Waals surface area contributed by atoms with Crippen LogP contribution in [0.1, 0.15) is 36.2 Å². The summed E-state index contributed by atoms with van der Waals surface area (Å²) in [5, 5.41) is 0. The van der Waals surface area contributed by atoms with Gasteiger partial charge in [0.1, 0.15) is 6.29 Å². The van der Waals surface area contributed by atoms with Gasteiger partial charge in [-0.25, -0.2) is 0 Å². The maximum Gasteiger partial charge on any atom is 0.150 e. The van der Waals surface area contributed by atoms with Crippen LogP contribution in [0.15, 0.2) is 35.9 Å². The molecule has 1 rings (SSSR count). The summed E-state index contributed by atoms with van der Waals surface area (Å²) in [6.45, 7) is 4.18. The zero-order valence-corrected chi connectivity index (χ0v) is 8.79. The summed E-state index contributed by atoms with van der Waals surface area (Å²) in [5.74, 6) is 0. The van der Waals surface area contributed by atoms with E-state index < -0.39 is 0 Å². The van der Waals surface area contributed by atoms with E-state index in [-0.39, 0.29) is 0 Å². The molecule has 0 fully saturated rings. The van der Waals surface area contributed by atoms with Crippen LogP contribution in [0.5, 0.6) is 0 Å². The molecule has 1 aromatic carbocycles. The van der Waals surface area contributed by atoms with E-state index >= 15 is 0 Å². The van der Waals surface area contributed by atoms with Gasteiger partial charge in [-0.3, -0.25) is 4.79 Å². The molecule has 0 saturated carbocycles. The minimum atomic E-state index is 0.814. The monoisotopic (exact) mass is 188 g/mol. The fourth-order valence-electron chi connectivity index (χ4n) is 1.39. The topological polar surface area (TPSA) is 17.1 Å². The number of hydrogen-bond acceptors (Lipinski definition) is 1. The Bertz CT molecular complexity index is 333. The Labute approximate surface area is 85.5 Å². The van der Waals surface area contributed by atoms with E-state index in [0.717, 1.165) is 30.3 Å². The van der Waals surface area contributed by atoms with Gasteiger partial charge in [-0.15, -0.1) is 0 Å². The number of aldehydes is 1. The van der Waals surface area contributed by atoms with Crippen molar-refractivity contribution in [2.45, 2.75) is 26.7 Å². The minimum Gasteiger partial charge on any atom is -0.298 e. The molecule has 0 atom stereocenters. The number of rotatable bonds is 4. The van der Waals surface area contributed by atoms with Gasteiger partial charge >= 0.3 is 0 Å². The molecule has 14 heavy (non-hydrogen) atoms. The van der Waals surface area contributed by atoms with Crippen molar-refractivity contribution in [3.05, 3.63) is 47.0 Å². The molecule has 0 bridgehead atoms. The van der Waals surface area contributed by atoms with E-state index in [9.17, 15) is 4.79 Å². The molecule has 0 heterocycles. The molecule has 1 heteroatoms. The Morgan fingerprint density at radius 3 is 2.64 bits per heavy atom. The van der Waals surface area contributed by atoms with Gasteiger partial charge < -0.3 is 0 Å². The van der Waals surface area contributed by atoms with Crippen LogP contribution in [0.25, 0.3) is 0 Å². The standard InChI is InChI=1S/C13H16O/c1-11(2)6-5-9-12-7-3-4-8-13(12)10-14/h3-4,6-8,10H,5,9H2,1-2H3. The smallest absolute Gasteiger partial charge is 0.150 e. The number of benzene rings is 1. The number of allylic oxidation sites excluding steroid dienone is 2. The zero-order chi connectivity index (χ0) is 10.4. The van der Waals surface area contributed by atoms with Crippen LogP contribution >= 0.6 is 0 Å². The first-order chi connectivity index (χ1) is 6.74. The third-order valence-electron chi connectivity index (χ3n) is 2.15. The van der Waals surface area contributed by atoms with Gasteiger partial charge in [0.25, 0.3) is 0 Å². The van der Waals surface area contributed by atoms with Crippen LogP contribution < -0.4 is 0 Å². The lowest BCUT2D eigenvalue weighted by atomic mass is 10.0. The van der Waals surface area contributed by atoms with Gasteiger partial charge in [0.05, 0.1) is 0 Å². The molecule has 74 valence electrons. The number of carbonyl (C=O) groups is 1. The van der Waals surface area contributed by atoms with Crippen LogP contribution in [0.2, 0.25) is 0 Å². The maximum atomic E-state index is 10.7. The molecule has 1 aromatic rings. The van der Waals surface area contributed by atoms with E-state index in [2.05, 4.69) is 19.9 Å². The van der Waals surface area contributed by atoms with Crippen LogP contribution in [0.3, 0.4) is 0 Å². The highest BCUT2D eigenvalue weighted by Gasteiger charge is 1.98. The molecule has 1 nitrogen and oxygen atoms in total. The Morgan fingerprint density at radius 1 is 1.29 bits per heavy atom. The van der Waals surface area contributed by atoms with Crippen LogP contribution in [0.4, 0.5) is 0 Å². The predicted octanol–water partition coefficient (Wildman–Crippen LogP) is 3.40. The predicted molar refractivity (Wildman–Crippen MR) is 59.6 cm³/mol. The lowest BCUT2D eigenvalue weighted by Crippen LogP contribution is -1.91. The molecule has 0 aliphatic rings. The molecule has 0 spiro atoms. The Hall–Kier alpha value is -1.37. The van der Waals surface area contributed by atoms with Crippen molar-refractivity contribution < 1.29 is 4.79 Å². The molecule has 0 saturated heterocycles. The lowest BCUT2D eigenvalue weighted by Gasteiger charge is -2.01. The molecule has 0 aliphatic heterocycles. The summed E-state index contributed by atoms with van der Waals surface area (Å²) in [6, 6.07) is 7.76. The van der Waals surface area contributed by atoms with Crippen LogP contribution in [-0.4, -0.2) is 6.29 Å². The summed E-state index contributed by atoms with van der Waals surface area (Å²) < 4.78 is 0. The average molecular weight is 188 g/mol. The van der Waals surface area contributed by atoms with E-state index in [1.54, 1.807) is 0 Å².